The first-order chi connectivity index (χ1) is 16.5. The third-order valence-electron chi connectivity index (χ3n) is 7.20. The molecule has 7 heteroatoms. The van der Waals surface area contributed by atoms with E-state index in [0.717, 1.165) is 64.3 Å². The predicted octanol–water partition coefficient (Wildman–Crippen LogP) is 3.26. The van der Waals surface area contributed by atoms with Crippen molar-refractivity contribution in [2.75, 3.05) is 46.4 Å². The van der Waals surface area contributed by atoms with Crippen LogP contribution in [0.2, 0.25) is 0 Å². The lowest BCUT2D eigenvalue weighted by molar-refractivity contribution is -0.123. The van der Waals surface area contributed by atoms with Crippen LogP contribution in [0.15, 0.2) is 24.3 Å². The monoisotopic (exact) mass is 473 g/mol. The summed E-state index contributed by atoms with van der Waals surface area (Å²) in [5, 5.41) is 3.00. The number of benzene rings is 1. The average molecular weight is 474 g/mol. The van der Waals surface area contributed by atoms with Gasteiger partial charge in [0.1, 0.15) is 11.5 Å². The van der Waals surface area contributed by atoms with Crippen LogP contribution in [0.3, 0.4) is 0 Å². The van der Waals surface area contributed by atoms with Crippen molar-refractivity contribution in [1.82, 2.24) is 15.1 Å². The number of Topliss-reactive ketones (excluding diaryl/α,β-unsaturated/α-hetero) is 1. The highest BCUT2D eigenvalue weighted by Crippen LogP contribution is 2.21. The van der Waals surface area contributed by atoms with Gasteiger partial charge < -0.3 is 14.8 Å². The molecule has 190 valence electrons. The lowest BCUT2D eigenvalue weighted by Crippen LogP contribution is -2.48. The second-order valence-corrected chi connectivity index (χ2v) is 9.82. The Morgan fingerprint density at radius 2 is 1.74 bits per heavy atom. The van der Waals surface area contributed by atoms with Crippen molar-refractivity contribution >= 4 is 11.7 Å². The first-order valence-electron chi connectivity index (χ1n) is 13.0. The zero-order chi connectivity index (χ0) is 24.3. The summed E-state index contributed by atoms with van der Waals surface area (Å²) in [7, 11) is 1.70. The summed E-state index contributed by atoms with van der Waals surface area (Å²) in [6.07, 6.45) is 4.82. The van der Waals surface area contributed by atoms with Crippen LogP contribution in [0.4, 0.5) is 0 Å². The van der Waals surface area contributed by atoms with Crippen LogP contribution in [0.5, 0.6) is 5.75 Å². The van der Waals surface area contributed by atoms with Gasteiger partial charge in [0.15, 0.2) is 0 Å². The number of amides is 1. The number of hydrogen-bond donors (Lipinski definition) is 1. The molecule has 0 bridgehead atoms. The third kappa shape index (κ3) is 8.67. The number of nitrogens with one attached hydrogen (secondary N) is 1. The number of hydrogen-bond acceptors (Lipinski definition) is 6. The molecule has 2 fully saturated rings. The van der Waals surface area contributed by atoms with Gasteiger partial charge in [-0.25, -0.2) is 0 Å². The fourth-order valence-electron chi connectivity index (χ4n) is 4.68. The van der Waals surface area contributed by atoms with Crippen molar-refractivity contribution in [1.29, 1.82) is 0 Å². The van der Waals surface area contributed by atoms with E-state index in [0.29, 0.717) is 25.8 Å². The third-order valence-corrected chi connectivity index (χ3v) is 7.20. The Balaban J connectivity index is 1.26. The van der Waals surface area contributed by atoms with Crippen molar-refractivity contribution in [3.8, 4) is 5.75 Å². The molecule has 1 N–H and O–H groups in total. The Morgan fingerprint density at radius 1 is 1.06 bits per heavy atom. The highest BCUT2D eigenvalue weighted by Gasteiger charge is 2.28. The van der Waals surface area contributed by atoms with Gasteiger partial charge in [-0.3, -0.25) is 19.4 Å². The molecule has 1 amide bonds. The Kier molecular flexibility index (Phi) is 10.8. The summed E-state index contributed by atoms with van der Waals surface area (Å²) in [6.45, 7) is 10.8. The zero-order valence-corrected chi connectivity index (χ0v) is 21.3. The second kappa shape index (κ2) is 13.8. The van der Waals surface area contributed by atoms with E-state index in [2.05, 4.69) is 27.2 Å². The van der Waals surface area contributed by atoms with E-state index in [1.165, 1.54) is 5.56 Å². The van der Waals surface area contributed by atoms with Gasteiger partial charge in [-0.05, 0) is 43.4 Å². The Hall–Kier alpha value is -1.96. The normalized spacial score (nSPS) is 22.4. The lowest BCUT2D eigenvalue weighted by Gasteiger charge is -2.35. The largest absolute Gasteiger partial charge is 0.497 e. The number of nitrogens with zero attached hydrogens (tertiary/aromatic N) is 2. The Morgan fingerprint density at radius 3 is 2.41 bits per heavy atom. The topological polar surface area (TPSA) is 71.1 Å². The quantitative estimate of drug-likeness (QED) is 0.474. The van der Waals surface area contributed by atoms with Gasteiger partial charge in [-0.2, -0.15) is 0 Å². The first-order valence-corrected chi connectivity index (χ1v) is 13.0. The first kappa shape index (κ1) is 26.6. The van der Waals surface area contributed by atoms with Crippen molar-refractivity contribution in [3.63, 3.8) is 0 Å². The van der Waals surface area contributed by atoms with Crippen molar-refractivity contribution in [2.24, 2.45) is 5.92 Å². The van der Waals surface area contributed by atoms with Crippen LogP contribution in [-0.4, -0.2) is 80.1 Å². The molecule has 7 nitrogen and oxygen atoms in total. The summed E-state index contributed by atoms with van der Waals surface area (Å²) in [5.41, 5.74) is 1.32. The van der Waals surface area contributed by atoms with Crippen LogP contribution in [0.1, 0.15) is 57.9 Å². The molecule has 0 saturated carbocycles. The fourth-order valence-corrected chi connectivity index (χ4v) is 4.68. The molecule has 2 saturated heterocycles. The minimum atomic E-state index is 0.0250. The SMILES string of the molecule is CCC(C)C(=O)CCCC(=O)NCC1CCC(CN2CCN(Cc3ccc(OC)cc3)CC2)O1. The van der Waals surface area contributed by atoms with Crippen LogP contribution >= 0.6 is 0 Å². The average Bonchev–Trinajstić information content (AvgIpc) is 3.31. The molecule has 3 rings (SSSR count). The summed E-state index contributed by atoms with van der Waals surface area (Å²) < 4.78 is 11.5. The molecule has 3 atom stereocenters. The van der Waals surface area contributed by atoms with E-state index in [9.17, 15) is 9.59 Å². The van der Waals surface area contributed by atoms with Gasteiger partial charge in [0.25, 0.3) is 0 Å². The van der Waals surface area contributed by atoms with E-state index in [1.807, 2.05) is 26.0 Å². The number of carbonyl (C=O) groups excluding carboxylic acids is 2. The van der Waals surface area contributed by atoms with E-state index < -0.39 is 0 Å². The van der Waals surface area contributed by atoms with Gasteiger partial charge in [-0.1, -0.05) is 26.0 Å². The molecule has 0 spiro atoms. The molecular formula is C27H43N3O4. The maximum Gasteiger partial charge on any atom is 0.220 e. The van der Waals surface area contributed by atoms with Gasteiger partial charge >= 0.3 is 0 Å². The van der Waals surface area contributed by atoms with Crippen LogP contribution in [0, 0.1) is 5.92 Å². The molecule has 1 aromatic carbocycles. The molecule has 0 aliphatic carbocycles. The maximum atomic E-state index is 12.1. The highest BCUT2D eigenvalue weighted by atomic mass is 16.5. The van der Waals surface area contributed by atoms with Crippen molar-refractivity contribution < 1.29 is 19.1 Å². The predicted molar refractivity (Wildman–Crippen MR) is 134 cm³/mol. The molecule has 2 aliphatic rings. The number of rotatable bonds is 13. The lowest BCUT2D eigenvalue weighted by atomic mass is 9.99. The number of ketones is 1. The minimum absolute atomic E-state index is 0.0250. The molecule has 1 aromatic rings. The van der Waals surface area contributed by atoms with E-state index >= 15 is 0 Å². The molecule has 2 aliphatic heterocycles. The number of piperazine rings is 1. The minimum Gasteiger partial charge on any atom is -0.497 e. The van der Waals surface area contributed by atoms with Crippen LogP contribution in [0.25, 0.3) is 0 Å². The van der Waals surface area contributed by atoms with Gasteiger partial charge in [0.2, 0.25) is 5.91 Å². The van der Waals surface area contributed by atoms with Crippen LogP contribution < -0.4 is 10.1 Å². The summed E-state index contributed by atoms with van der Waals surface area (Å²) >= 11 is 0. The van der Waals surface area contributed by atoms with E-state index in [-0.39, 0.29) is 29.8 Å². The van der Waals surface area contributed by atoms with Gasteiger partial charge in [0.05, 0.1) is 19.3 Å². The van der Waals surface area contributed by atoms with Crippen molar-refractivity contribution in [3.05, 3.63) is 29.8 Å². The fraction of sp³-hybridized carbons (Fsp3) is 0.704. The van der Waals surface area contributed by atoms with Gasteiger partial charge in [0, 0.05) is 64.6 Å². The molecule has 0 radical (unpaired) electrons. The zero-order valence-electron chi connectivity index (χ0n) is 21.3. The Labute approximate surface area is 205 Å². The van der Waals surface area contributed by atoms with E-state index in [4.69, 9.17) is 9.47 Å². The maximum absolute atomic E-state index is 12.1. The number of carbonyl (C=O) groups is 2. The highest BCUT2D eigenvalue weighted by molar-refractivity contribution is 5.81. The molecule has 3 unspecified atom stereocenters. The molecule has 34 heavy (non-hydrogen) atoms. The van der Waals surface area contributed by atoms with Gasteiger partial charge in [-0.15, -0.1) is 0 Å². The smallest absolute Gasteiger partial charge is 0.220 e. The van der Waals surface area contributed by atoms with Crippen molar-refractivity contribution in [2.45, 2.75) is 71.1 Å². The second-order valence-electron chi connectivity index (χ2n) is 9.82. The summed E-state index contributed by atoms with van der Waals surface area (Å²) in [4.78, 5) is 29.0. The molecule has 2 heterocycles. The summed E-state index contributed by atoms with van der Waals surface area (Å²) in [6, 6.07) is 8.33. The number of ether oxygens (including phenoxy) is 2. The standard InChI is InChI=1S/C27H43N3O4/c1-4-21(2)26(31)6-5-7-27(32)28-18-24-12-13-25(34-24)20-30-16-14-29(15-17-30)19-22-8-10-23(33-3)11-9-22/h8-11,21,24-25H,4-7,12-20H2,1-3H3,(H,28,32). The molecule has 0 aromatic heterocycles. The molecular weight excluding hydrogens is 430 g/mol. The van der Waals surface area contributed by atoms with E-state index in [1.54, 1.807) is 7.11 Å². The number of methoxy groups -OCH3 is 1. The van der Waals surface area contributed by atoms with Crippen LogP contribution in [-0.2, 0) is 20.9 Å². The summed E-state index contributed by atoms with van der Waals surface area (Å²) in [5.74, 6) is 1.29. The Bertz CT molecular complexity index is 762.